The van der Waals surface area contributed by atoms with Crippen molar-refractivity contribution in [3.63, 3.8) is 0 Å². The van der Waals surface area contributed by atoms with E-state index < -0.39 is 0 Å². The molecule has 1 saturated heterocycles. The molecule has 0 unspecified atom stereocenters. The molecule has 4 heteroatoms. The third kappa shape index (κ3) is 1.61. The minimum absolute atomic E-state index is 0.0183. The van der Waals surface area contributed by atoms with Crippen LogP contribution in [0.15, 0.2) is 0 Å². The number of piperazine rings is 1. The van der Waals surface area contributed by atoms with Crippen LogP contribution in [0.5, 0.6) is 0 Å². The normalized spacial score (nSPS) is 28.2. The molecular weight excluding hydrogens is 180 g/mol. The van der Waals surface area contributed by atoms with E-state index in [1.807, 2.05) is 13.8 Å². The molecule has 2 rings (SSSR count). The molecule has 0 aromatic heterocycles. The third-order valence-corrected chi connectivity index (χ3v) is 2.83. The molecule has 0 spiro atoms. The highest BCUT2D eigenvalue weighted by molar-refractivity contribution is 5.95. The van der Waals surface area contributed by atoms with E-state index in [-0.39, 0.29) is 30.3 Å². The number of carbonyl (C=O) groups excluding carboxylic acids is 2. The van der Waals surface area contributed by atoms with Crippen molar-refractivity contribution in [3.05, 3.63) is 0 Å². The Morgan fingerprint density at radius 2 is 2.00 bits per heavy atom. The van der Waals surface area contributed by atoms with Crippen LogP contribution in [0, 0.1) is 5.92 Å². The van der Waals surface area contributed by atoms with Gasteiger partial charge in [-0.05, 0) is 18.8 Å². The van der Waals surface area contributed by atoms with Crippen LogP contribution >= 0.6 is 0 Å². The quantitative estimate of drug-likeness (QED) is 0.682. The predicted molar refractivity (Wildman–Crippen MR) is 51.5 cm³/mol. The number of hydrogen-bond acceptors (Lipinski definition) is 2. The van der Waals surface area contributed by atoms with Crippen molar-refractivity contribution >= 4 is 11.8 Å². The lowest BCUT2D eigenvalue weighted by Crippen LogP contribution is -2.60. The minimum atomic E-state index is -0.308. The van der Waals surface area contributed by atoms with Gasteiger partial charge in [0.25, 0.3) is 0 Å². The molecule has 2 amide bonds. The first-order valence-corrected chi connectivity index (χ1v) is 5.19. The van der Waals surface area contributed by atoms with Gasteiger partial charge in [-0.15, -0.1) is 0 Å². The summed E-state index contributed by atoms with van der Waals surface area (Å²) in [5.41, 5.74) is 0. The SMILES string of the molecule is CC(C)[C@H]1NC(=O)CN(C2CC2)C1=O. The number of rotatable bonds is 2. The number of hydrogen-bond donors (Lipinski definition) is 1. The molecule has 1 N–H and O–H groups in total. The Bertz CT molecular complexity index is 255. The Morgan fingerprint density at radius 3 is 2.50 bits per heavy atom. The van der Waals surface area contributed by atoms with Crippen molar-refractivity contribution in [1.82, 2.24) is 10.2 Å². The Morgan fingerprint density at radius 1 is 1.36 bits per heavy atom. The van der Waals surface area contributed by atoms with Crippen LogP contribution in [0.25, 0.3) is 0 Å². The molecule has 1 atom stereocenters. The van der Waals surface area contributed by atoms with Crippen LogP contribution in [0.4, 0.5) is 0 Å². The number of nitrogens with one attached hydrogen (secondary N) is 1. The molecule has 4 nitrogen and oxygen atoms in total. The van der Waals surface area contributed by atoms with E-state index in [9.17, 15) is 9.59 Å². The van der Waals surface area contributed by atoms with Crippen molar-refractivity contribution in [2.75, 3.05) is 6.54 Å². The molecule has 1 aliphatic carbocycles. The molecular formula is C10H16N2O2. The topological polar surface area (TPSA) is 49.4 Å². The molecule has 0 radical (unpaired) electrons. The monoisotopic (exact) mass is 196 g/mol. The van der Waals surface area contributed by atoms with Gasteiger partial charge in [-0.2, -0.15) is 0 Å². The minimum Gasteiger partial charge on any atom is -0.343 e. The standard InChI is InChI=1S/C10H16N2O2/c1-6(2)9-10(14)12(7-3-4-7)5-8(13)11-9/h6-7,9H,3-5H2,1-2H3,(H,11,13)/t9-/m1/s1. The third-order valence-electron chi connectivity index (χ3n) is 2.83. The van der Waals surface area contributed by atoms with Crippen molar-refractivity contribution in [3.8, 4) is 0 Å². The second kappa shape index (κ2) is 3.26. The average molecular weight is 196 g/mol. The van der Waals surface area contributed by atoms with Crippen LogP contribution in [0.3, 0.4) is 0 Å². The maximum absolute atomic E-state index is 11.9. The highest BCUT2D eigenvalue weighted by Gasteiger charge is 2.41. The lowest BCUT2D eigenvalue weighted by Gasteiger charge is -2.34. The van der Waals surface area contributed by atoms with E-state index in [1.54, 1.807) is 4.90 Å². The maximum Gasteiger partial charge on any atom is 0.246 e. The van der Waals surface area contributed by atoms with Gasteiger partial charge in [-0.25, -0.2) is 0 Å². The highest BCUT2D eigenvalue weighted by Crippen LogP contribution is 2.29. The summed E-state index contributed by atoms with van der Waals surface area (Å²) in [4.78, 5) is 25.0. The fourth-order valence-electron chi connectivity index (χ4n) is 1.84. The number of carbonyl (C=O) groups is 2. The summed E-state index contributed by atoms with van der Waals surface area (Å²) < 4.78 is 0. The average Bonchev–Trinajstić information content (AvgIpc) is 2.91. The van der Waals surface area contributed by atoms with E-state index in [1.165, 1.54) is 0 Å². The van der Waals surface area contributed by atoms with Crippen molar-refractivity contribution in [2.45, 2.75) is 38.8 Å². The molecule has 1 saturated carbocycles. The Labute approximate surface area is 83.6 Å². The number of amides is 2. The predicted octanol–water partition coefficient (Wildman–Crippen LogP) is 0.132. The molecule has 2 aliphatic rings. The van der Waals surface area contributed by atoms with E-state index in [0.29, 0.717) is 6.04 Å². The molecule has 78 valence electrons. The van der Waals surface area contributed by atoms with Gasteiger partial charge in [0.2, 0.25) is 11.8 Å². The molecule has 1 aliphatic heterocycles. The van der Waals surface area contributed by atoms with Gasteiger partial charge in [0, 0.05) is 6.04 Å². The fourth-order valence-corrected chi connectivity index (χ4v) is 1.84. The summed E-state index contributed by atoms with van der Waals surface area (Å²) in [5, 5.41) is 2.75. The summed E-state index contributed by atoms with van der Waals surface area (Å²) in [7, 11) is 0. The van der Waals surface area contributed by atoms with E-state index >= 15 is 0 Å². The van der Waals surface area contributed by atoms with Crippen LogP contribution in [0.2, 0.25) is 0 Å². The summed E-state index contributed by atoms with van der Waals surface area (Å²) in [6.45, 7) is 4.17. The lowest BCUT2D eigenvalue weighted by atomic mass is 10.0. The largest absolute Gasteiger partial charge is 0.343 e. The van der Waals surface area contributed by atoms with Gasteiger partial charge in [0.1, 0.15) is 6.04 Å². The smallest absolute Gasteiger partial charge is 0.246 e. The van der Waals surface area contributed by atoms with Crippen LogP contribution < -0.4 is 5.32 Å². The second-order valence-electron chi connectivity index (χ2n) is 4.49. The summed E-state index contributed by atoms with van der Waals surface area (Å²) in [5.74, 6) is 0.255. The zero-order chi connectivity index (χ0) is 10.3. The highest BCUT2D eigenvalue weighted by atomic mass is 16.2. The van der Waals surface area contributed by atoms with Crippen molar-refractivity contribution in [1.29, 1.82) is 0 Å². The van der Waals surface area contributed by atoms with E-state index in [4.69, 9.17) is 0 Å². The number of nitrogens with zero attached hydrogens (tertiary/aromatic N) is 1. The maximum atomic E-state index is 11.9. The van der Waals surface area contributed by atoms with Gasteiger partial charge >= 0.3 is 0 Å². The van der Waals surface area contributed by atoms with E-state index in [0.717, 1.165) is 12.8 Å². The fraction of sp³-hybridized carbons (Fsp3) is 0.800. The molecule has 2 fully saturated rings. The molecule has 14 heavy (non-hydrogen) atoms. The summed E-state index contributed by atoms with van der Waals surface area (Å²) >= 11 is 0. The Kier molecular flexibility index (Phi) is 2.21. The van der Waals surface area contributed by atoms with Crippen LogP contribution in [-0.2, 0) is 9.59 Å². The zero-order valence-electron chi connectivity index (χ0n) is 8.62. The Hall–Kier alpha value is -1.06. The first-order chi connectivity index (χ1) is 6.59. The van der Waals surface area contributed by atoms with Gasteiger partial charge in [-0.1, -0.05) is 13.8 Å². The van der Waals surface area contributed by atoms with Gasteiger partial charge in [0.15, 0.2) is 0 Å². The lowest BCUT2D eigenvalue weighted by molar-refractivity contribution is -0.146. The first kappa shape index (κ1) is 9.49. The zero-order valence-corrected chi connectivity index (χ0v) is 8.62. The van der Waals surface area contributed by atoms with Crippen molar-refractivity contribution in [2.24, 2.45) is 5.92 Å². The summed E-state index contributed by atoms with van der Waals surface area (Å²) in [6.07, 6.45) is 2.12. The summed E-state index contributed by atoms with van der Waals surface area (Å²) in [6, 6.07) is 0.0339. The molecule has 0 aromatic carbocycles. The second-order valence-corrected chi connectivity index (χ2v) is 4.49. The van der Waals surface area contributed by atoms with Gasteiger partial charge < -0.3 is 10.2 Å². The Balaban J connectivity index is 2.11. The van der Waals surface area contributed by atoms with Crippen molar-refractivity contribution < 1.29 is 9.59 Å². The van der Waals surface area contributed by atoms with Crippen LogP contribution in [0.1, 0.15) is 26.7 Å². The van der Waals surface area contributed by atoms with Gasteiger partial charge in [0.05, 0.1) is 6.54 Å². The first-order valence-electron chi connectivity index (χ1n) is 5.19. The molecule has 0 bridgehead atoms. The van der Waals surface area contributed by atoms with Gasteiger partial charge in [-0.3, -0.25) is 9.59 Å². The van der Waals surface area contributed by atoms with E-state index in [2.05, 4.69) is 5.32 Å². The molecule has 0 aromatic rings. The van der Waals surface area contributed by atoms with Crippen LogP contribution in [-0.4, -0.2) is 35.3 Å². The molecule has 1 heterocycles.